The highest BCUT2D eigenvalue weighted by atomic mass is 19.1. The summed E-state index contributed by atoms with van der Waals surface area (Å²) in [4.78, 5) is 18.2. The first-order valence-corrected chi connectivity index (χ1v) is 14.5. The molecule has 0 radical (unpaired) electrons. The van der Waals surface area contributed by atoms with Crippen LogP contribution in [0.2, 0.25) is 0 Å². The zero-order chi connectivity index (χ0) is 28.9. The number of aliphatic hydroxyl groups excluding tert-OH is 1. The van der Waals surface area contributed by atoms with Crippen LogP contribution in [0.15, 0.2) is 48.5 Å². The van der Waals surface area contributed by atoms with Gasteiger partial charge in [0.2, 0.25) is 0 Å². The standard InChI is InChI=1S/C32H46FN3O4/c1-31(2,3)40-30(38)36-20-18-35(19-21-36)29(37)27-8-6-25(7-9-27)26-10-12-28(13-11-26)39-22-24-14-16-34(17-15-24)23-32(4,5)33/h6-13,24,29,37H,14-23H2,1-5H3/t29-/m1/s1. The number of amides is 1. The number of alkyl halides is 1. The van der Waals surface area contributed by atoms with Crippen LogP contribution in [0.4, 0.5) is 9.18 Å². The first-order valence-electron chi connectivity index (χ1n) is 14.5. The predicted molar refractivity (Wildman–Crippen MR) is 156 cm³/mol. The van der Waals surface area contributed by atoms with E-state index in [2.05, 4.69) is 17.0 Å². The highest BCUT2D eigenvalue weighted by Gasteiger charge is 2.29. The number of hydrogen-bond acceptors (Lipinski definition) is 6. The monoisotopic (exact) mass is 555 g/mol. The van der Waals surface area contributed by atoms with Gasteiger partial charge in [-0.1, -0.05) is 36.4 Å². The average molecular weight is 556 g/mol. The molecule has 0 aliphatic carbocycles. The molecule has 1 N–H and O–H groups in total. The molecule has 2 aromatic carbocycles. The number of benzene rings is 2. The van der Waals surface area contributed by atoms with Crippen LogP contribution in [0, 0.1) is 5.92 Å². The van der Waals surface area contributed by atoms with Crippen molar-refractivity contribution in [3.63, 3.8) is 0 Å². The Labute approximate surface area is 238 Å². The van der Waals surface area contributed by atoms with Crippen molar-refractivity contribution in [1.29, 1.82) is 0 Å². The molecule has 220 valence electrons. The molecule has 2 aliphatic heterocycles. The van der Waals surface area contributed by atoms with E-state index in [1.165, 1.54) is 0 Å². The van der Waals surface area contributed by atoms with Crippen LogP contribution in [-0.4, -0.2) is 89.6 Å². The Morgan fingerprint density at radius 1 is 0.900 bits per heavy atom. The largest absolute Gasteiger partial charge is 0.493 e. The quantitative estimate of drug-likeness (QED) is 0.449. The summed E-state index contributed by atoms with van der Waals surface area (Å²) < 4.78 is 25.4. The molecule has 4 rings (SSSR count). The summed E-state index contributed by atoms with van der Waals surface area (Å²) in [5.74, 6) is 1.35. The third-order valence-corrected chi connectivity index (χ3v) is 7.50. The van der Waals surface area contributed by atoms with Crippen LogP contribution in [-0.2, 0) is 4.74 Å². The number of piperazine rings is 1. The number of halogens is 1. The third kappa shape index (κ3) is 8.91. The number of carbonyl (C=O) groups excluding carboxylic acids is 1. The normalized spacial score (nSPS) is 18.9. The van der Waals surface area contributed by atoms with E-state index in [4.69, 9.17) is 9.47 Å². The first-order chi connectivity index (χ1) is 18.9. The van der Waals surface area contributed by atoms with E-state index in [0.29, 0.717) is 45.2 Å². The van der Waals surface area contributed by atoms with E-state index in [9.17, 15) is 14.3 Å². The van der Waals surface area contributed by atoms with Gasteiger partial charge in [-0.2, -0.15) is 0 Å². The Morgan fingerprint density at radius 3 is 1.98 bits per heavy atom. The SMILES string of the molecule is CC(C)(F)CN1CCC(COc2ccc(-c3ccc([C@@H](O)N4CCN(C(=O)OC(C)(C)C)CC4)cc3)cc2)CC1. The maximum Gasteiger partial charge on any atom is 0.410 e. The molecule has 2 aliphatic rings. The molecule has 2 heterocycles. The molecule has 8 heteroatoms. The summed E-state index contributed by atoms with van der Waals surface area (Å²) >= 11 is 0. The second-order valence-electron chi connectivity index (χ2n) is 12.8. The number of aliphatic hydroxyl groups is 1. The van der Waals surface area contributed by atoms with Crippen molar-refractivity contribution in [2.45, 2.75) is 65.0 Å². The Bertz CT molecular complexity index is 1080. The molecule has 0 saturated carbocycles. The van der Waals surface area contributed by atoms with Crippen LogP contribution in [0.5, 0.6) is 5.75 Å². The maximum absolute atomic E-state index is 13.9. The molecular weight excluding hydrogens is 509 g/mol. The van der Waals surface area contributed by atoms with Crippen LogP contribution in [0.1, 0.15) is 59.3 Å². The molecule has 1 atom stereocenters. The number of hydrogen-bond donors (Lipinski definition) is 1. The van der Waals surface area contributed by atoms with Crippen molar-refractivity contribution in [2.75, 3.05) is 52.4 Å². The fourth-order valence-electron chi connectivity index (χ4n) is 5.33. The topological polar surface area (TPSA) is 65.5 Å². The summed E-state index contributed by atoms with van der Waals surface area (Å²) in [6.07, 6.45) is 1.04. The fourth-order valence-corrected chi connectivity index (χ4v) is 5.33. The Kier molecular flexibility index (Phi) is 9.75. The van der Waals surface area contributed by atoms with Crippen LogP contribution in [0.3, 0.4) is 0 Å². The Balaban J connectivity index is 1.23. The number of nitrogens with zero attached hydrogens (tertiary/aromatic N) is 3. The molecule has 40 heavy (non-hydrogen) atoms. The molecule has 2 saturated heterocycles. The van der Waals surface area contributed by atoms with Gasteiger partial charge in [-0.15, -0.1) is 0 Å². The lowest BCUT2D eigenvalue weighted by molar-refractivity contribution is -0.0353. The smallest absolute Gasteiger partial charge is 0.410 e. The van der Waals surface area contributed by atoms with E-state index in [-0.39, 0.29) is 6.09 Å². The molecule has 2 aromatic rings. The second kappa shape index (κ2) is 12.9. The molecule has 0 unspecified atom stereocenters. The van der Waals surface area contributed by atoms with Gasteiger partial charge in [0.1, 0.15) is 23.2 Å². The van der Waals surface area contributed by atoms with Gasteiger partial charge in [0.25, 0.3) is 0 Å². The first kappa shape index (κ1) is 30.3. The fraction of sp³-hybridized carbons (Fsp3) is 0.594. The number of ether oxygens (including phenoxy) is 2. The number of likely N-dealkylation sites (tertiary alicyclic amines) is 1. The molecule has 0 bridgehead atoms. The van der Waals surface area contributed by atoms with E-state index >= 15 is 0 Å². The van der Waals surface area contributed by atoms with Crippen molar-refractivity contribution in [1.82, 2.24) is 14.7 Å². The zero-order valence-electron chi connectivity index (χ0n) is 24.7. The zero-order valence-corrected chi connectivity index (χ0v) is 24.7. The summed E-state index contributed by atoms with van der Waals surface area (Å²) in [7, 11) is 0. The van der Waals surface area contributed by atoms with Gasteiger partial charge in [0.15, 0.2) is 0 Å². The lowest BCUT2D eigenvalue weighted by Gasteiger charge is -2.37. The van der Waals surface area contributed by atoms with Crippen LogP contribution >= 0.6 is 0 Å². The number of carbonyl (C=O) groups is 1. The van der Waals surface area contributed by atoms with Gasteiger partial charge < -0.3 is 24.4 Å². The molecule has 1 amide bonds. The Morgan fingerprint density at radius 2 is 1.45 bits per heavy atom. The summed E-state index contributed by atoms with van der Waals surface area (Å²) in [6.45, 7) is 14.1. The lowest BCUT2D eigenvalue weighted by atomic mass is 9.97. The van der Waals surface area contributed by atoms with Crippen molar-refractivity contribution in [3.8, 4) is 16.9 Å². The minimum Gasteiger partial charge on any atom is -0.493 e. The van der Waals surface area contributed by atoms with Gasteiger partial charge in [-0.3, -0.25) is 4.90 Å². The van der Waals surface area contributed by atoms with E-state index < -0.39 is 17.5 Å². The number of rotatable bonds is 8. The van der Waals surface area contributed by atoms with Gasteiger partial charge >= 0.3 is 6.09 Å². The van der Waals surface area contributed by atoms with Crippen LogP contribution < -0.4 is 4.74 Å². The van der Waals surface area contributed by atoms with E-state index in [1.54, 1.807) is 18.7 Å². The highest BCUT2D eigenvalue weighted by Crippen LogP contribution is 2.27. The van der Waals surface area contributed by atoms with Crippen molar-refractivity contribution >= 4 is 6.09 Å². The molecule has 0 spiro atoms. The third-order valence-electron chi connectivity index (χ3n) is 7.50. The second-order valence-corrected chi connectivity index (χ2v) is 12.8. The van der Waals surface area contributed by atoms with Gasteiger partial charge in [0.05, 0.1) is 6.61 Å². The van der Waals surface area contributed by atoms with Crippen LogP contribution in [0.25, 0.3) is 11.1 Å². The highest BCUT2D eigenvalue weighted by molar-refractivity contribution is 5.68. The maximum atomic E-state index is 13.9. The summed E-state index contributed by atoms with van der Waals surface area (Å²) in [6, 6.07) is 16.1. The van der Waals surface area contributed by atoms with Gasteiger partial charge in [0, 0.05) is 32.7 Å². The number of piperidine rings is 1. The summed E-state index contributed by atoms with van der Waals surface area (Å²) in [5.41, 5.74) is 1.32. The Hall–Kier alpha value is -2.68. The molecule has 0 aromatic heterocycles. The molecule has 7 nitrogen and oxygen atoms in total. The summed E-state index contributed by atoms with van der Waals surface area (Å²) in [5, 5.41) is 10.9. The minimum absolute atomic E-state index is 0.304. The van der Waals surface area contributed by atoms with E-state index in [0.717, 1.165) is 48.4 Å². The minimum atomic E-state index is -1.15. The van der Waals surface area contributed by atoms with Crippen molar-refractivity contribution in [3.05, 3.63) is 54.1 Å². The predicted octanol–water partition coefficient (Wildman–Crippen LogP) is 5.74. The molecular formula is C32H46FN3O4. The van der Waals surface area contributed by atoms with Gasteiger partial charge in [-0.25, -0.2) is 9.18 Å². The molecule has 2 fully saturated rings. The lowest BCUT2D eigenvalue weighted by Crippen LogP contribution is -2.50. The van der Waals surface area contributed by atoms with Crippen molar-refractivity contribution in [2.24, 2.45) is 5.92 Å². The van der Waals surface area contributed by atoms with Gasteiger partial charge in [-0.05, 0) is 95.3 Å². The van der Waals surface area contributed by atoms with Crippen molar-refractivity contribution < 1.29 is 23.8 Å². The average Bonchev–Trinajstić information content (AvgIpc) is 2.91. The van der Waals surface area contributed by atoms with E-state index in [1.807, 2.05) is 62.1 Å².